The van der Waals surface area contributed by atoms with Crippen molar-refractivity contribution in [1.29, 1.82) is 0 Å². The van der Waals surface area contributed by atoms with Gasteiger partial charge in [-0.25, -0.2) is 0 Å². The SMILES string of the molecule is [2H]c1cc(C(=C)C)ccc1C(=O)CC. The van der Waals surface area contributed by atoms with Gasteiger partial charge in [0, 0.05) is 12.0 Å². The second-order valence-corrected chi connectivity index (χ2v) is 3.05. The van der Waals surface area contributed by atoms with E-state index in [1.54, 1.807) is 19.1 Å². The average molecular weight is 175 g/mol. The van der Waals surface area contributed by atoms with Crippen LogP contribution in [0.5, 0.6) is 0 Å². The van der Waals surface area contributed by atoms with E-state index in [0.29, 0.717) is 12.0 Å². The van der Waals surface area contributed by atoms with Crippen LogP contribution in [0.3, 0.4) is 0 Å². The van der Waals surface area contributed by atoms with Crippen LogP contribution in [-0.2, 0) is 0 Å². The maximum atomic E-state index is 11.4. The molecule has 0 amide bonds. The Morgan fingerprint density at radius 2 is 2.08 bits per heavy atom. The van der Waals surface area contributed by atoms with Crippen molar-refractivity contribution in [2.24, 2.45) is 0 Å². The zero-order chi connectivity index (χ0) is 10.7. The highest BCUT2D eigenvalue weighted by atomic mass is 16.1. The molecule has 13 heavy (non-hydrogen) atoms. The van der Waals surface area contributed by atoms with E-state index < -0.39 is 0 Å². The summed E-state index contributed by atoms with van der Waals surface area (Å²) in [7, 11) is 0. The van der Waals surface area contributed by atoms with Crippen LogP contribution in [0.15, 0.2) is 30.8 Å². The van der Waals surface area contributed by atoms with E-state index in [0.717, 1.165) is 11.1 Å². The van der Waals surface area contributed by atoms with Crippen molar-refractivity contribution in [3.8, 4) is 0 Å². The molecule has 0 unspecified atom stereocenters. The molecular weight excluding hydrogens is 160 g/mol. The lowest BCUT2D eigenvalue weighted by Gasteiger charge is -2.01. The molecule has 0 aromatic heterocycles. The lowest BCUT2D eigenvalue weighted by molar-refractivity contribution is 0.0988. The van der Waals surface area contributed by atoms with Crippen LogP contribution in [0.4, 0.5) is 0 Å². The predicted molar refractivity (Wildman–Crippen MR) is 55.8 cm³/mol. The van der Waals surface area contributed by atoms with Crippen LogP contribution in [-0.4, -0.2) is 5.78 Å². The van der Waals surface area contributed by atoms with Gasteiger partial charge in [0.1, 0.15) is 0 Å². The number of allylic oxidation sites excluding steroid dienone is 1. The number of ketones is 1. The molecule has 68 valence electrons. The molecule has 0 saturated heterocycles. The van der Waals surface area contributed by atoms with Gasteiger partial charge in [-0.2, -0.15) is 0 Å². The minimum atomic E-state index is 0.0169. The molecule has 0 bridgehead atoms. The Bertz CT molecular complexity index is 380. The predicted octanol–water partition coefficient (Wildman–Crippen LogP) is 3.31. The molecule has 1 aromatic carbocycles. The second-order valence-electron chi connectivity index (χ2n) is 3.05. The van der Waals surface area contributed by atoms with Crippen molar-refractivity contribution in [3.05, 3.63) is 41.9 Å². The van der Waals surface area contributed by atoms with Crippen molar-refractivity contribution < 1.29 is 6.17 Å². The van der Waals surface area contributed by atoms with Gasteiger partial charge in [0.15, 0.2) is 5.78 Å². The van der Waals surface area contributed by atoms with Gasteiger partial charge < -0.3 is 0 Å². The largest absolute Gasteiger partial charge is 0.294 e. The molecule has 1 nitrogen and oxygen atoms in total. The van der Waals surface area contributed by atoms with Crippen LogP contribution < -0.4 is 0 Å². The zero-order valence-electron chi connectivity index (χ0n) is 9.05. The van der Waals surface area contributed by atoms with Crippen molar-refractivity contribution in [1.82, 2.24) is 0 Å². The molecule has 0 aliphatic rings. The lowest BCUT2D eigenvalue weighted by atomic mass is 10.0. The molecular formula is C12H14O. The summed E-state index contributed by atoms with van der Waals surface area (Å²) in [5, 5.41) is 0. The van der Waals surface area contributed by atoms with Gasteiger partial charge in [0.05, 0.1) is 1.37 Å². The Morgan fingerprint density at radius 3 is 2.54 bits per heavy atom. The van der Waals surface area contributed by atoms with Crippen LogP contribution >= 0.6 is 0 Å². The maximum absolute atomic E-state index is 11.4. The average Bonchev–Trinajstić information content (AvgIpc) is 2.16. The molecule has 0 heterocycles. The summed E-state index contributed by atoms with van der Waals surface area (Å²) in [6.45, 7) is 7.48. The van der Waals surface area contributed by atoms with E-state index in [9.17, 15) is 4.79 Å². The fourth-order valence-corrected chi connectivity index (χ4v) is 1.05. The molecule has 0 N–H and O–H groups in total. The van der Waals surface area contributed by atoms with Crippen molar-refractivity contribution >= 4 is 11.4 Å². The highest BCUT2D eigenvalue weighted by Crippen LogP contribution is 2.13. The highest BCUT2D eigenvalue weighted by molar-refractivity contribution is 5.96. The van der Waals surface area contributed by atoms with Gasteiger partial charge in [-0.05, 0) is 12.5 Å². The molecule has 1 rings (SSSR count). The standard InChI is InChI=1S/C12H14O/c1-4-12(13)11-7-5-10(6-8-11)9(2)3/h5-8H,2,4H2,1,3H3/i7D. The first kappa shape index (κ1) is 8.24. The maximum Gasteiger partial charge on any atom is 0.162 e. The smallest absolute Gasteiger partial charge is 0.162 e. The van der Waals surface area contributed by atoms with E-state index in [2.05, 4.69) is 6.58 Å². The fourth-order valence-electron chi connectivity index (χ4n) is 1.05. The lowest BCUT2D eigenvalue weighted by Crippen LogP contribution is -1.95. The van der Waals surface area contributed by atoms with Crippen molar-refractivity contribution in [3.63, 3.8) is 0 Å². The van der Waals surface area contributed by atoms with Gasteiger partial charge in [0.2, 0.25) is 0 Å². The van der Waals surface area contributed by atoms with Crippen LogP contribution in [0.25, 0.3) is 5.57 Å². The zero-order valence-corrected chi connectivity index (χ0v) is 8.05. The van der Waals surface area contributed by atoms with E-state index in [1.165, 1.54) is 0 Å². The van der Waals surface area contributed by atoms with Crippen LogP contribution in [0, 0.1) is 0 Å². The van der Waals surface area contributed by atoms with Gasteiger partial charge in [0.25, 0.3) is 0 Å². The first-order chi connectivity index (χ1) is 6.56. The number of carbonyl (C=O) groups is 1. The number of benzene rings is 1. The monoisotopic (exact) mass is 175 g/mol. The molecule has 0 saturated carbocycles. The highest BCUT2D eigenvalue weighted by Gasteiger charge is 2.01. The van der Waals surface area contributed by atoms with Gasteiger partial charge in [-0.3, -0.25) is 4.79 Å². The summed E-state index contributed by atoms with van der Waals surface area (Å²) in [6.07, 6.45) is 0.443. The first-order valence-electron chi connectivity index (χ1n) is 4.86. The van der Waals surface area contributed by atoms with Crippen LogP contribution in [0.2, 0.25) is 0 Å². The molecule has 1 heteroatoms. The number of hydrogen-bond donors (Lipinski definition) is 0. The number of Topliss-reactive ketones (excluding diaryl/α,β-unsaturated/α-hetero) is 1. The second kappa shape index (κ2) is 4.04. The third-order valence-electron chi connectivity index (χ3n) is 1.93. The first-order valence-corrected chi connectivity index (χ1v) is 4.36. The molecule has 0 atom stereocenters. The summed E-state index contributed by atoms with van der Waals surface area (Å²) >= 11 is 0. The summed E-state index contributed by atoms with van der Waals surface area (Å²) < 4.78 is 7.68. The molecule has 0 radical (unpaired) electrons. The Hall–Kier alpha value is -1.37. The summed E-state index contributed by atoms with van der Waals surface area (Å²) in [4.78, 5) is 11.4. The Balaban J connectivity index is 3.14. The Kier molecular flexibility index (Phi) is 2.56. The number of hydrogen-bond acceptors (Lipinski definition) is 1. The van der Waals surface area contributed by atoms with Gasteiger partial charge in [-0.1, -0.05) is 43.3 Å². The van der Waals surface area contributed by atoms with Gasteiger partial charge >= 0.3 is 0 Å². The summed E-state index contributed by atoms with van der Waals surface area (Å²) in [5.74, 6) is 0.0169. The minimum Gasteiger partial charge on any atom is -0.294 e. The number of carbonyl (C=O) groups excluding carboxylic acids is 1. The summed E-state index contributed by atoms with van der Waals surface area (Å²) in [6, 6.07) is 5.52. The van der Waals surface area contributed by atoms with Crippen molar-refractivity contribution in [2.45, 2.75) is 20.3 Å². The van der Waals surface area contributed by atoms with Crippen LogP contribution in [0.1, 0.15) is 37.6 Å². The number of rotatable bonds is 3. The molecule has 0 fully saturated rings. The molecule has 0 spiro atoms. The third-order valence-corrected chi connectivity index (χ3v) is 1.93. The van der Waals surface area contributed by atoms with Gasteiger partial charge in [-0.15, -0.1) is 0 Å². The molecule has 1 aromatic rings. The Morgan fingerprint density at radius 1 is 1.46 bits per heavy atom. The normalized spacial score (nSPS) is 10.8. The van der Waals surface area contributed by atoms with E-state index in [4.69, 9.17) is 1.37 Å². The quantitative estimate of drug-likeness (QED) is 0.644. The van der Waals surface area contributed by atoms with E-state index in [1.807, 2.05) is 13.0 Å². The molecule has 0 aliphatic carbocycles. The summed E-state index contributed by atoms with van der Waals surface area (Å²) in [5.41, 5.74) is 2.33. The Labute approximate surface area is 80.5 Å². The third kappa shape index (κ3) is 2.28. The molecule has 0 aliphatic heterocycles. The fraction of sp³-hybridized carbons (Fsp3) is 0.250. The topological polar surface area (TPSA) is 17.1 Å². The van der Waals surface area contributed by atoms with E-state index >= 15 is 0 Å². The minimum absolute atomic E-state index is 0.0169. The van der Waals surface area contributed by atoms with E-state index in [-0.39, 0.29) is 11.8 Å². The van der Waals surface area contributed by atoms with Crippen molar-refractivity contribution in [2.75, 3.05) is 0 Å².